The molecule has 0 unspecified atom stereocenters. The zero-order valence-corrected chi connectivity index (χ0v) is 9.30. The van der Waals surface area contributed by atoms with E-state index in [1.54, 1.807) is 0 Å². The lowest BCUT2D eigenvalue weighted by atomic mass is 10.0. The third-order valence-corrected chi connectivity index (χ3v) is 2.95. The Morgan fingerprint density at radius 3 is 2.67 bits per heavy atom. The van der Waals surface area contributed by atoms with E-state index in [0.717, 1.165) is 30.2 Å². The van der Waals surface area contributed by atoms with Crippen molar-refractivity contribution in [3.63, 3.8) is 0 Å². The van der Waals surface area contributed by atoms with Crippen LogP contribution in [0.25, 0.3) is 0 Å². The maximum atomic E-state index is 5.82. The van der Waals surface area contributed by atoms with Crippen LogP contribution < -0.4 is 11.1 Å². The number of nitrogens with two attached hydrogens (primary N) is 1. The normalized spacial score (nSPS) is 19.8. The second kappa shape index (κ2) is 4.58. The van der Waals surface area contributed by atoms with Gasteiger partial charge in [0.15, 0.2) is 0 Å². The largest absolute Gasteiger partial charge is 0.386 e. The predicted octanol–water partition coefficient (Wildman–Crippen LogP) is 2.29. The molecule has 0 amide bonds. The van der Waals surface area contributed by atoms with E-state index in [0.29, 0.717) is 5.92 Å². The molecule has 1 aliphatic heterocycles. The summed E-state index contributed by atoms with van der Waals surface area (Å²) in [4.78, 5) is 0. The van der Waals surface area contributed by atoms with Crippen LogP contribution in [0.3, 0.4) is 0 Å². The number of hydrogen-bond acceptors (Lipinski definition) is 2. The van der Waals surface area contributed by atoms with Gasteiger partial charge in [-0.15, -0.1) is 0 Å². The van der Waals surface area contributed by atoms with E-state index in [9.17, 15) is 0 Å². The summed E-state index contributed by atoms with van der Waals surface area (Å²) in [6.07, 6.45) is 4.32. The first-order valence-electron chi connectivity index (χ1n) is 5.19. The number of benzene rings is 1. The molecule has 2 nitrogen and oxygen atoms in total. The summed E-state index contributed by atoms with van der Waals surface area (Å²) in [6, 6.07) is 8.04. The molecular weight excluding hydrogens is 208 g/mol. The Balaban J connectivity index is 1.86. The van der Waals surface area contributed by atoms with Crippen molar-refractivity contribution in [2.75, 3.05) is 6.54 Å². The molecular formula is C12H15ClN2. The molecule has 1 aromatic carbocycles. The topological polar surface area (TPSA) is 38.0 Å². The van der Waals surface area contributed by atoms with Gasteiger partial charge in [-0.1, -0.05) is 23.7 Å². The smallest absolute Gasteiger partial charge is 0.0922 e. The fourth-order valence-electron chi connectivity index (χ4n) is 1.81. The molecule has 1 heterocycles. The molecule has 2 rings (SSSR count). The van der Waals surface area contributed by atoms with Gasteiger partial charge in [0, 0.05) is 11.6 Å². The highest BCUT2D eigenvalue weighted by Crippen LogP contribution is 2.16. The molecule has 1 aromatic rings. The van der Waals surface area contributed by atoms with E-state index in [1.807, 2.05) is 12.1 Å². The van der Waals surface area contributed by atoms with Crippen LogP contribution in [-0.2, 0) is 6.42 Å². The average Bonchev–Trinajstić information content (AvgIpc) is 2.64. The van der Waals surface area contributed by atoms with E-state index in [1.165, 1.54) is 5.56 Å². The molecule has 0 aliphatic carbocycles. The monoisotopic (exact) mass is 222 g/mol. The van der Waals surface area contributed by atoms with Crippen LogP contribution in [0.1, 0.15) is 12.0 Å². The highest BCUT2D eigenvalue weighted by Gasteiger charge is 2.12. The van der Waals surface area contributed by atoms with E-state index in [4.69, 9.17) is 17.3 Å². The maximum absolute atomic E-state index is 5.82. The first-order valence-corrected chi connectivity index (χ1v) is 5.57. The Labute approximate surface area is 95.1 Å². The van der Waals surface area contributed by atoms with Gasteiger partial charge in [0.2, 0.25) is 0 Å². The first kappa shape index (κ1) is 10.4. The van der Waals surface area contributed by atoms with Crippen molar-refractivity contribution in [2.24, 2.45) is 11.7 Å². The molecule has 0 radical (unpaired) electrons. The van der Waals surface area contributed by atoms with Crippen LogP contribution in [0.4, 0.5) is 0 Å². The van der Waals surface area contributed by atoms with Gasteiger partial charge in [0.1, 0.15) is 0 Å². The minimum absolute atomic E-state index is 0.570. The van der Waals surface area contributed by atoms with Gasteiger partial charge in [-0.2, -0.15) is 0 Å². The molecule has 0 bridgehead atoms. The summed E-state index contributed by atoms with van der Waals surface area (Å²) >= 11 is 5.82. The lowest BCUT2D eigenvalue weighted by Crippen LogP contribution is -2.16. The molecule has 1 aliphatic rings. The van der Waals surface area contributed by atoms with E-state index in [-0.39, 0.29) is 0 Å². The number of nitrogens with one attached hydrogen (secondary N) is 1. The van der Waals surface area contributed by atoms with Crippen LogP contribution in [0, 0.1) is 5.92 Å². The Morgan fingerprint density at radius 1 is 1.33 bits per heavy atom. The summed E-state index contributed by atoms with van der Waals surface area (Å²) in [7, 11) is 0. The summed E-state index contributed by atoms with van der Waals surface area (Å²) in [6.45, 7) is 0.972. The summed E-state index contributed by atoms with van der Waals surface area (Å²) < 4.78 is 0. The minimum Gasteiger partial charge on any atom is -0.386 e. The van der Waals surface area contributed by atoms with E-state index >= 15 is 0 Å². The quantitative estimate of drug-likeness (QED) is 0.824. The fourth-order valence-corrected chi connectivity index (χ4v) is 1.94. The summed E-state index contributed by atoms with van der Waals surface area (Å²) in [5.41, 5.74) is 6.98. The molecule has 0 fully saturated rings. The van der Waals surface area contributed by atoms with Gasteiger partial charge in [0.25, 0.3) is 0 Å². The van der Waals surface area contributed by atoms with Crippen LogP contribution in [0.15, 0.2) is 36.2 Å². The molecule has 3 heteroatoms. The maximum Gasteiger partial charge on any atom is 0.0922 e. The summed E-state index contributed by atoms with van der Waals surface area (Å²) in [5.74, 6) is 1.39. The standard InChI is InChI=1S/C12H15ClN2/c13-11-5-3-9(4-6-11)1-2-10-7-12(14)15-8-10/h3-7,10,15H,1-2,8,14H2/t10-/m0/s1. The molecule has 0 spiro atoms. The van der Waals surface area contributed by atoms with E-state index < -0.39 is 0 Å². The highest BCUT2D eigenvalue weighted by atomic mass is 35.5. The Hall–Kier alpha value is -1.15. The highest BCUT2D eigenvalue weighted by molar-refractivity contribution is 6.30. The van der Waals surface area contributed by atoms with Crippen LogP contribution in [0.2, 0.25) is 5.02 Å². The van der Waals surface area contributed by atoms with Gasteiger partial charge in [-0.05, 0) is 42.5 Å². The van der Waals surface area contributed by atoms with E-state index in [2.05, 4.69) is 23.5 Å². The van der Waals surface area contributed by atoms with Gasteiger partial charge >= 0.3 is 0 Å². The van der Waals surface area contributed by atoms with Crippen LogP contribution in [0.5, 0.6) is 0 Å². The van der Waals surface area contributed by atoms with Crippen molar-refractivity contribution in [3.8, 4) is 0 Å². The lowest BCUT2D eigenvalue weighted by molar-refractivity contribution is 0.596. The molecule has 3 N–H and O–H groups in total. The van der Waals surface area contributed by atoms with Crippen molar-refractivity contribution in [2.45, 2.75) is 12.8 Å². The van der Waals surface area contributed by atoms with Gasteiger partial charge in [-0.25, -0.2) is 0 Å². The predicted molar refractivity (Wildman–Crippen MR) is 63.5 cm³/mol. The second-order valence-corrected chi connectivity index (χ2v) is 4.36. The minimum atomic E-state index is 0.570. The van der Waals surface area contributed by atoms with Crippen molar-refractivity contribution in [1.82, 2.24) is 5.32 Å². The lowest BCUT2D eigenvalue weighted by Gasteiger charge is -2.06. The fraction of sp³-hybridized carbons (Fsp3) is 0.333. The van der Waals surface area contributed by atoms with Crippen LogP contribution in [-0.4, -0.2) is 6.54 Å². The Bertz CT molecular complexity index is 356. The molecule has 0 saturated heterocycles. The first-order chi connectivity index (χ1) is 7.24. The zero-order chi connectivity index (χ0) is 10.7. The zero-order valence-electron chi connectivity index (χ0n) is 8.54. The average molecular weight is 223 g/mol. The van der Waals surface area contributed by atoms with Crippen molar-refractivity contribution < 1.29 is 0 Å². The number of rotatable bonds is 3. The number of hydrogen-bond donors (Lipinski definition) is 2. The van der Waals surface area contributed by atoms with Crippen molar-refractivity contribution in [1.29, 1.82) is 0 Å². The molecule has 1 atom stereocenters. The SMILES string of the molecule is NC1=C[C@H](CCc2ccc(Cl)cc2)CN1. The molecule has 0 aromatic heterocycles. The van der Waals surface area contributed by atoms with Crippen molar-refractivity contribution >= 4 is 11.6 Å². The summed E-state index contributed by atoms with van der Waals surface area (Å²) in [5, 5.41) is 3.93. The third-order valence-electron chi connectivity index (χ3n) is 2.70. The molecule has 15 heavy (non-hydrogen) atoms. The number of halogens is 1. The third kappa shape index (κ3) is 2.90. The Morgan fingerprint density at radius 2 is 2.07 bits per heavy atom. The van der Waals surface area contributed by atoms with Gasteiger partial charge < -0.3 is 11.1 Å². The van der Waals surface area contributed by atoms with Crippen molar-refractivity contribution in [3.05, 3.63) is 46.7 Å². The number of aryl methyl sites for hydroxylation is 1. The molecule has 80 valence electrons. The van der Waals surface area contributed by atoms with Gasteiger partial charge in [-0.3, -0.25) is 0 Å². The molecule has 0 saturated carbocycles. The second-order valence-electron chi connectivity index (χ2n) is 3.93. The Kier molecular flexibility index (Phi) is 3.17. The van der Waals surface area contributed by atoms with Gasteiger partial charge in [0.05, 0.1) is 5.82 Å². The van der Waals surface area contributed by atoms with Crippen LogP contribution >= 0.6 is 11.6 Å².